The number of aliphatic hydroxyl groups excluding tert-OH is 1. The average molecular weight is 357 g/mol. The van der Waals surface area contributed by atoms with Crippen molar-refractivity contribution in [1.82, 2.24) is 0 Å². The number of hydrogen-bond donors (Lipinski definition) is 1. The first-order valence-electron chi connectivity index (χ1n) is 11.0. The summed E-state index contributed by atoms with van der Waals surface area (Å²) in [7, 11) is 0. The molecule has 146 valence electrons. The summed E-state index contributed by atoms with van der Waals surface area (Å²) in [5, 5.41) is 9.79. The molecule has 0 amide bonds. The van der Waals surface area contributed by atoms with Gasteiger partial charge in [-0.25, -0.2) is 0 Å². The Morgan fingerprint density at radius 3 is 2.65 bits per heavy atom. The molecule has 0 aliphatic heterocycles. The summed E-state index contributed by atoms with van der Waals surface area (Å²) in [6.45, 7) is 12.2. The molecule has 0 unspecified atom stereocenters. The molecule has 3 aliphatic rings. The van der Waals surface area contributed by atoms with E-state index in [4.69, 9.17) is 0 Å². The van der Waals surface area contributed by atoms with Crippen molar-refractivity contribution in [1.29, 1.82) is 0 Å². The standard InChI is InChI=1S/C25H40O/c1-17-6-9-21-18(2)7-10-22(21)19(3)8-11-24-23(20(4)16-26)13-15-25(24,5)14-12-17/h8-9,12,18,20,22-24,26H,6-7,10-11,13-16H2,1-5H3/t18-,20+,22-,23-,24+,25+/m0/s1. The van der Waals surface area contributed by atoms with Crippen molar-refractivity contribution in [2.45, 2.75) is 79.6 Å². The van der Waals surface area contributed by atoms with Crippen LogP contribution in [0.1, 0.15) is 79.6 Å². The van der Waals surface area contributed by atoms with Gasteiger partial charge in [-0.2, -0.15) is 0 Å². The first-order chi connectivity index (χ1) is 12.4. The van der Waals surface area contributed by atoms with Crippen molar-refractivity contribution in [3.05, 3.63) is 34.9 Å². The van der Waals surface area contributed by atoms with E-state index in [1.54, 1.807) is 11.1 Å². The second-order valence-electron chi connectivity index (χ2n) is 10.0. The molecule has 0 aromatic heterocycles. The molecule has 0 spiro atoms. The fourth-order valence-corrected chi connectivity index (χ4v) is 6.08. The van der Waals surface area contributed by atoms with Gasteiger partial charge in [0.05, 0.1) is 0 Å². The second-order valence-corrected chi connectivity index (χ2v) is 10.0. The molecule has 1 heteroatoms. The highest BCUT2D eigenvalue weighted by Crippen LogP contribution is 2.54. The minimum atomic E-state index is 0.335. The molecule has 0 saturated heterocycles. The third-order valence-electron chi connectivity index (χ3n) is 8.16. The summed E-state index contributed by atoms with van der Waals surface area (Å²) >= 11 is 0. The number of rotatable bonds is 2. The van der Waals surface area contributed by atoms with Crippen LogP contribution in [0.25, 0.3) is 0 Å². The van der Waals surface area contributed by atoms with Crippen LogP contribution in [-0.2, 0) is 0 Å². The maximum absolute atomic E-state index is 9.79. The fourth-order valence-electron chi connectivity index (χ4n) is 6.08. The average Bonchev–Trinajstić information content (AvgIpc) is 3.15. The van der Waals surface area contributed by atoms with Gasteiger partial charge in [0, 0.05) is 12.5 Å². The molecule has 0 radical (unpaired) electrons. The lowest BCUT2D eigenvalue weighted by atomic mass is 9.69. The summed E-state index contributed by atoms with van der Waals surface area (Å²) in [5.41, 5.74) is 5.23. The summed E-state index contributed by atoms with van der Waals surface area (Å²) in [6.07, 6.45) is 16.5. The van der Waals surface area contributed by atoms with Crippen LogP contribution < -0.4 is 0 Å². The second kappa shape index (κ2) is 8.05. The molecule has 26 heavy (non-hydrogen) atoms. The maximum Gasteiger partial charge on any atom is 0.0459 e. The molecule has 0 bridgehead atoms. The van der Waals surface area contributed by atoms with Gasteiger partial charge in [-0.1, -0.05) is 55.7 Å². The monoisotopic (exact) mass is 356 g/mol. The topological polar surface area (TPSA) is 20.2 Å². The van der Waals surface area contributed by atoms with E-state index in [2.05, 4.69) is 52.8 Å². The van der Waals surface area contributed by atoms with Gasteiger partial charge in [0.15, 0.2) is 0 Å². The van der Waals surface area contributed by atoms with Crippen LogP contribution in [0.5, 0.6) is 0 Å². The molecule has 0 heterocycles. The highest BCUT2D eigenvalue weighted by atomic mass is 16.3. The normalized spacial score (nSPS) is 39.7. The van der Waals surface area contributed by atoms with Crippen molar-refractivity contribution in [3.8, 4) is 0 Å². The van der Waals surface area contributed by atoms with Crippen LogP contribution in [0.15, 0.2) is 34.9 Å². The first-order valence-corrected chi connectivity index (χ1v) is 11.0. The zero-order chi connectivity index (χ0) is 18.9. The zero-order valence-corrected chi connectivity index (χ0v) is 17.7. The molecule has 3 aliphatic carbocycles. The van der Waals surface area contributed by atoms with Crippen LogP contribution >= 0.6 is 0 Å². The smallest absolute Gasteiger partial charge is 0.0459 e. The largest absolute Gasteiger partial charge is 0.396 e. The summed E-state index contributed by atoms with van der Waals surface area (Å²) in [6, 6.07) is 0. The number of fused-ring (bicyclic) bond motifs is 2. The van der Waals surface area contributed by atoms with Crippen molar-refractivity contribution >= 4 is 0 Å². The van der Waals surface area contributed by atoms with Gasteiger partial charge in [-0.3, -0.25) is 0 Å². The van der Waals surface area contributed by atoms with E-state index in [1.165, 1.54) is 44.1 Å². The third-order valence-corrected chi connectivity index (χ3v) is 8.16. The molecular formula is C25H40O. The third kappa shape index (κ3) is 3.88. The molecule has 1 nitrogen and oxygen atoms in total. The number of allylic oxidation sites excluding steroid dienone is 6. The lowest BCUT2D eigenvalue weighted by Crippen LogP contribution is -2.29. The quantitative estimate of drug-likeness (QED) is 0.546. The highest BCUT2D eigenvalue weighted by Gasteiger charge is 2.45. The highest BCUT2D eigenvalue weighted by molar-refractivity contribution is 5.27. The molecule has 3 rings (SSSR count). The fraction of sp³-hybridized carbons (Fsp3) is 0.760. The van der Waals surface area contributed by atoms with E-state index < -0.39 is 0 Å². The maximum atomic E-state index is 9.79. The molecule has 6 atom stereocenters. The van der Waals surface area contributed by atoms with E-state index in [0.717, 1.165) is 12.3 Å². The Kier molecular flexibility index (Phi) is 6.17. The SMILES string of the molecule is CC1=CC[C@]2(C)CC[C@@H]([C@H](C)CO)[C@H]2CC=C(C)[C@@H]2CC[C@H](C)C2=CC1. The van der Waals surface area contributed by atoms with Gasteiger partial charge < -0.3 is 5.11 Å². The Labute approximate surface area is 161 Å². The Morgan fingerprint density at radius 2 is 1.92 bits per heavy atom. The molecule has 0 aromatic carbocycles. The van der Waals surface area contributed by atoms with Crippen molar-refractivity contribution in [3.63, 3.8) is 0 Å². The zero-order valence-electron chi connectivity index (χ0n) is 17.7. The molecule has 2 fully saturated rings. The number of aliphatic hydroxyl groups is 1. The molecule has 1 N–H and O–H groups in total. The van der Waals surface area contributed by atoms with Crippen molar-refractivity contribution in [2.24, 2.45) is 35.0 Å². The minimum absolute atomic E-state index is 0.335. The van der Waals surface area contributed by atoms with E-state index in [9.17, 15) is 5.11 Å². The Morgan fingerprint density at radius 1 is 1.15 bits per heavy atom. The summed E-state index contributed by atoms with van der Waals surface area (Å²) in [5.74, 6) is 3.23. The summed E-state index contributed by atoms with van der Waals surface area (Å²) in [4.78, 5) is 0. The van der Waals surface area contributed by atoms with E-state index in [0.29, 0.717) is 35.7 Å². The van der Waals surface area contributed by atoms with E-state index >= 15 is 0 Å². The van der Waals surface area contributed by atoms with Gasteiger partial charge in [0.25, 0.3) is 0 Å². The van der Waals surface area contributed by atoms with Gasteiger partial charge in [-0.05, 0) is 87.9 Å². The first kappa shape index (κ1) is 19.9. The van der Waals surface area contributed by atoms with E-state index in [-0.39, 0.29) is 0 Å². The van der Waals surface area contributed by atoms with Crippen LogP contribution in [0, 0.1) is 35.0 Å². The lowest BCUT2D eigenvalue weighted by molar-refractivity contribution is 0.122. The Hall–Kier alpha value is -0.820. The van der Waals surface area contributed by atoms with Gasteiger partial charge in [0.1, 0.15) is 0 Å². The van der Waals surface area contributed by atoms with E-state index in [1.807, 2.05) is 0 Å². The van der Waals surface area contributed by atoms with Crippen LogP contribution in [0.3, 0.4) is 0 Å². The van der Waals surface area contributed by atoms with Gasteiger partial charge >= 0.3 is 0 Å². The predicted octanol–water partition coefficient (Wildman–Crippen LogP) is 6.70. The Bertz CT molecular complexity index is 595. The summed E-state index contributed by atoms with van der Waals surface area (Å²) < 4.78 is 0. The molecule has 2 saturated carbocycles. The lowest BCUT2D eigenvalue weighted by Gasteiger charge is -2.35. The number of hydrogen-bond acceptors (Lipinski definition) is 1. The molecular weight excluding hydrogens is 316 g/mol. The minimum Gasteiger partial charge on any atom is -0.396 e. The van der Waals surface area contributed by atoms with Crippen molar-refractivity contribution < 1.29 is 5.11 Å². The van der Waals surface area contributed by atoms with Gasteiger partial charge in [-0.15, -0.1) is 0 Å². The Balaban J connectivity index is 1.94. The van der Waals surface area contributed by atoms with Crippen LogP contribution in [0.4, 0.5) is 0 Å². The van der Waals surface area contributed by atoms with Crippen LogP contribution in [-0.4, -0.2) is 11.7 Å². The predicted molar refractivity (Wildman–Crippen MR) is 112 cm³/mol. The van der Waals surface area contributed by atoms with Crippen molar-refractivity contribution in [2.75, 3.05) is 6.61 Å². The van der Waals surface area contributed by atoms with Gasteiger partial charge in [0.2, 0.25) is 0 Å². The van der Waals surface area contributed by atoms with Crippen LogP contribution in [0.2, 0.25) is 0 Å². The molecule has 0 aromatic rings.